The molecule has 1 unspecified atom stereocenters. The lowest BCUT2D eigenvalue weighted by molar-refractivity contribution is -0.122. The number of hydrogen-bond acceptors (Lipinski definition) is 3. The van der Waals surface area contributed by atoms with Gasteiger partial charge in [-0.15, -0.1) is 0 Å². The zero-order valence-corrected chi connectivity index (χ0v) is 18.3. The molecule has 5 nitrogen and oxygen atoms in total. The number of nitrogens with zero attached hydrogens (tertiary/aromatic N) is 2. The van der Waals surface area contributed by atoms with Crippen LogP contribution in [0.15, 0.2) is 78.9 Å². The Hall–Kier alpha value is -3.73. The number of rotatable bonds is 6. The second-order valence-corrected chi connectivity index (χ2v) is 8.22. The Balaban J connectivity index is 1.63. The third-order valence-electron chi connectivity index (χ3n) is 5.83. The van der Waals surface area contributed by atoms with Crippen LogP contribution in [0.4, 0.5) is 5.69 Å². The highest BCUT2D eigenvalue weighted by Crippen LogP contribution is 2.27. The molecule has 0 saturated carbocycles. The molecular weight excluding hydrogens is 400 g/mol. The standard InChI is InChI=1S/C27H26N2O3/c1-19-8-12-22(13-9-19)26(31)28(17-16-21-6-4-3-5-7-21)24-18-25(30)29(27(24)32)23-14-10-20(2)11-15-23/h3-15,24H,16-18H2,1-2H3. The molecule has 0 aliphatic carbocycles. The summed E-state index contributed by atoms with van der Waals surface area (Å²) in [4.78, 5) is 42.4. The van der Waals surface area contributed by atoms with E-state index in [-0.39, 0.29) is 24.1 Å². The molecule has 1 heterocycles. The van der Waals surface area contributed by atoms with Gasteiger partial charge in [0.25, 0.3) is 11.8 Å². The zero-order valence-electron chi connectivity index (χ0n) is 18.3. The summed E-state index contributed by atoms with van der Waals surface area (Å²) in [7, 11) is 0. The number of carbonyl (C=O) groups is 3. The number of anilines is 1. The smallest absolute Gasteiger partial charge is 0.257 e. The van der Waals surface area contributed by atoms with Gasteiger partial charge in [-0.2, -0.15) is 0 Å². The highest BCUT2D eigenvalue weighted by molar-refractivity contribution is 6.23. The lowest BCUT2D eigenvalue weighted by Crippen LogP contribution is -2.46. The Morgan fingerprint density at radius 2 is 1.47 bits per heavy atom. The first-order chi connectivity index (χ1) is 15.4. The summed E-state index contributed by atoms with van der Waals surface area (Å²) >= 11 is 0. The summed E-state index contributed by atoms with van der Waals surface area (Å²) < 4.78 is 0. The number of benzene rings is 3. The van der Waals surface area contributed by atoms with E-state index in [2.05, 4.69) is 0 Å². The number of aryl methyl sites for hydroxylation is 2. The largest absolute Gasteiger partial charge is 0.326 e. The minimum Gasteiger partial charge on any atom is -0.326 e. The van der Waals surface area contributed by atoms with Crippen LogP contribution in [0.1, 0.15) is 33.5 Å². The van der Waals surface area contributed by atoms with Crippen molar-refractivity contribution >= 4 is 23.4 Å². The maximum absolute atomic E-state index is 13.4. The zero-order chi connectivity index (χ0) is 22.7. The normalized spacial score (nSPS) is 15.8. The quantitative estimate of drug-likeness (QED) is 0.552. The van der Waals surface area contributed by atoms with Gasteiger partial charge in [0.1, 0.15) is 6.04 Å². The second kappa shape index (κ2) is 9.18. The molecule has 0 N–H and O–H groups in total. The summed E-state index contributed by atoms with van der Waals surface area (Å²) in [5, 5.41) is 0. The van der Waals surface area contributed by atoms with Crippen molar-refractivity contribution in [1.82, 2.24) is 4.90 Å². The summed E-state index contributed by atoms with van der Waals surface area (Å²) in [6.45, 7) is 4.26. The van der Waals surface area contributed by atoms with Crippen molar-refractivity contribution < 1.29 is 14.4 Å². The van der Waals surface area contributed by atoms with Crippen LogP contribution in [0.3, 0.4) is 0 Å². The Morgan fingerprint density at radius 1 is 0.875 bits per heavy atom. The predicted molar refractivity (Wildman–Crippen MR) is 124 cm³/mol. The predicted octanol–water partition coefficient (Wildman–Crippen LogP) is 4.32. The van der Waals surface area contributed by atoms with Gasteiger partial charge in [0.15, 0.2) is 0 Å². The lowest BCUT2D eigenvalue weighted by atomic mass is 10.1. The Bertz CT molecular complexity index is 1120. The Labute approximate surface area is 188 Å². The average Bonchev–Trinajstić information content (AvgIpc) is 3.09. The topological polar surface area (TPSA) is 57.7 Å². The van der Waals surface area contributed by atoms with Crippen LogP contribution in [0.25, 0.3) is 0 Å². The Kier molecular flexibility index (Phi) is 6.17. The molecule has 0 radical (unpaired) electrons. The van der Waals surface area contributed by atoms with E-state index in [0.717, 1.165) is 16.7 Å². The average molecular weight is 427 g/mol. The summed E-state index contributed by atoms with van der Waals surface area (Å²) in [5.41, 5.74) is 4.22. The van der Waals surface area contributed by atoms with Crippen molar-refractivity contribution in [3.8, 4) is 0 Å². The molecule has 162 valence electrons. The van der Waals surface area contributed by atoms with Crippen molar-refractivity contribution in [2.45, 2.75) is 32.7 Å². The van der Waals surface area contributed by atoms with Crippen molar-refractivity contribution in [1.29, 1.82) is 0 Å². The van der Waals surface area contributed by atoms with Gasteiger partial charge in [-0.3, -0.25) is 14.4 Å². The van der Waals surface area contributed by atoms with Gasteiger partial charge in [-0.1, -0.05) is 65.7 Å². The van der Waals surface area contributed by atoms with E-state index < -0.39 is 6.04 Å². The van der Waals surface area contributed by atoms with Crippen LogP contribution >= 0.6 is 0 Å². The van der Waals surface area contributed by atoms with Crippen LogP contribution in [-0.4, -0.2) is 35.2 Å². The molecule has 0 spiro atoms. The highest BCUT2D eigenvalue weighted by Gasteiger charge is 2.44. The third-order valence-corrected chi connectivity index (χ3v) is 5.83. The first kappa shape index (κ1) is 21.5. The van der Waals surface area contributed by atoms with Crippen LogP contribution in [0.5, 0.6) is 0 Å². The summed E-state index contributed by atoms with van der Waals surface area (Å²) in [5.74, 6) is -0.879. The maximum Gasteiger partial charge on any atom is 0.257 e. The van der Waals surface area contributed by atoms with Gasteiger partial charge in [0.05, 0.1) is 12.1 Å². The third kappa shape index (κ3) is 4.47. The molecule has 0 aromatic heterocycles. The minimum atomic E-state index is -0.818. The first-order valence-electron chi connectivity index (χ1n) is 10.8. The highest BCUT2D eigenvalue weighted by atomic mass is 16.2. The van der Waals surface area contributed by atoms with Gasteiger partial charge in [0, 0.05) is 12.1 Å². The summed E-state index contributed by atoms with van der Waals surface area (Å²) in [6, 6.07) is 23.6. The Morgan fingerprint density at radius 3 is 2.09 bits per heavy atom. The van der Waals surface area contributed by atoms with Crippen LogP contribution < -0.4 is 4.90 Å². The fourth-order valence-electron chi connectivity index (χ4n) is 3.98. The van der Waals surface area contributed by atoms with Crippen LogP contribution in [-0.2, 0) is 16.0 Å². The molecule has 1 atom stereocenters. The summed E-state index contributed by atoms with van der Waals surface area (Å²) in [6.07, 6.45) is 0.583. The van der Waals surface area contributed by atoms with Crippen molar-refractivity contribution in [3.05, 3.63) is 101 Å². The molecule has 1 aliphatic rings. The molecule has 4 rings (SSSR count). The lowest BCUT2D eigenvalue weighted by Gasteiger charge is -2.28. The fourth-order valence-corrected chi connectivity index (χ4v) is 3.98. The number of hydrogen-bond donors (Lipinski definition) is 0. The van der Waals surface area contributed by atoms with Gasteiger partial charge >= 0.3 is 0 Å². The van der Waals surface area contributed by atoms with E-state index >= 15 is 0 Å². The first-order valence-corrected chi connectivity index (χ1v) is 10.8. The maximum atomic E-state index is 13.4. The molecule has 1 fully saturated rings. The number of amides is 3. The van der Waals surface area contributed by atoms with Crippen LogP contribution in [0, 0.1) is 13.8 Å². The van der Waals surface area contributed by atoms with Crippen molar-refractivity contribution in [2.75, 3.05) is 11.4 Å². The minimum absolute atomic E-state index is 0.0148. The molecule has 1 saturated heterocycles. The van der Waals surface area contributed by atoms with E-state index in [1.165, 1.54) is 4.90 Å². The van der Waals surface area contributed by atoms with E-state index in [9.17, 15) is 14.4 Å². The van der Waals surface area contributed by atoms with Gasteiger partial charge in [0.2, 0.25) is 5.91 Å². The van der Waals surface area contributed by atoms with Gasteiger partial charge in [-0.05, 0) is 50.1 Å². The number of imide groups is 1. The van der Waals surface area contributed by atoms with Crippen molar-refractivity contribution in [2.24, 2.45) is 0 Å². The van der Waals surface area contributed by atoms with E-state index in [1.807, 2.05) is 68.4 Å². The SMILES string of the molecule is Cc1ccc(C(=O)N(CCc2ccccc2)C2CC(=O)N(c3ccc(C)cc3)C2=O)cc1. The van der Waals surface area contributed by atoms with Crippen molar-refractivity contribution in [3.63, 3.8) is 0 Å². The van der Waals surface area contributed by atoms with E-state index in [4.69, 9.17) is 0 Å². The van der Waals surface area contributed by atoms with E-state index in [0.29, 0.717) is 24.2 Å². The molecule has 3 aromatic carbocycles. The molecular formula is C27H26N2O3. The van der Waals surface area contributed by atoms with Crippen LogP contribution in [0.2, 0.25) is 0 Å². The monoisotopic (exact) mass is 426 g/mol. The molecule has 3 aromatic rings. The van der Waals surface area contributed by atoms with E-state index in [1.54, 1.807) is 29.2 Å². The molecule has 3 amide bonds. The molecule has 0 bridgehead atoms. The fraction of sp³-hybridized carbons (Fsp3) is 0.222. The number of carbonyl (C=O) groups excluding carboxylic acids is 3. The second-order valence-electron chi connectivity index (χ2n) is 8.22. The van der Waals surface area contributed by atoms with Gasteiger partial charge in [-0.25, -0.2) is 4.90 Å². The molecule has 1 aliphatic heterocycles. The molecule has 5 heteroatoms. The van der Waals surface area contributed by atoms with Gasteiger partial charge < -0.3 is 4.90 Å². The molecule has 32 heavy (non-hydrogen) atoms.